The van der Waals surface area contributed by atoms with Crippen LogP contribution in [-0.4, -0.2) is 59.1 Å². The van der Waals surface area contributed by atoms with Crippen molar-refractivity contribution in [1.29, 1.82) is 0 Å². The quantitative estimate of drug-likeness (QED) is 0.802. The van der Waals surface area contributed by atoms with Crippen molar-refractivity contribution in [1.82, 2.24) is 14.9 Å². The van der Waals surface area contributed by atoms with Gasteiger partial charge in [0.2, 0.25) is 0 Å². The third-order valence-electron chi connectivity index (χ3n) is 3.28. The van der Waals surface area contributed by atoms with Gasteiger partial charge in [-0.25, -0.2) is 9.97 Å². The van der Waals surface area contributed by atoms with Crippen molar-refractivity contribution in [3.8, 4) is 0 Å². The van der Waals surface area contributed by atoms with Gasteiger partial charge < -0.3 is 10.6 Å². The molecule has 0 aromatic carbocycles. The highest BCUT2D eigenvalue weighted by molar-refractivity contribution is 7.99. The van der Waals surface area contributed by atoms with E-state index < -0.39 is 0 Å². The molecule has 2 rings (SSSR count). The van der Waals surface area contributed by atoms with E-state index in [1.165, 1.54) is 24.6 Å². The number of aryl methyl sites for hydroxylation is 1. The van der Waals surface area contributed by atoms with Gasteiger partial charge in [-0.3, -0.25) is 4.90 Å². The summed E-state index contributed by atoms with van der Waals surface area (Å²) in [5.74, 6) is 5.26. The van der Waals surface area contributed by atoms with Gasteiger partial charge in [0, 0.05) is 56.7 Å². The Morgan fingerprint density at radius 3 is 2.50 bits per heavy atom. The van der Waals surface area contributed by atoms with E-state index in [1.54, 1.807) is 0 Å². The number of thioether (sulfide) groups is 1. The molecule has 1 aromatic rings. The molecule has 0 spiro atoms. The Morgan fingerprint density at radius 1 is 1.15 bits per heavy atom. The van der Waals surface area contributed by atoms with Crippen LogP contribution in [0.1, 0.15) is 19.7 Å². The Labute approximate surface area is 125 Å². The zero-order valence-corrected chi connectivity index (χ0v) is 13.3. The molecule has 0 amide bonds. The Bertz CT molecular complexity index is 407. The van der Waals surface area contributed by atoms with Gasteiger partial charge in [0.1, 0.15) is 17.5 Å². The molecule has 2 heterocycles. The third-order valence-corrected chi connectivity index (χ3v) is 4.23. The second kappa shape index (κ2) is 8.32. The fraction of sp³-hybridized carbons (Fsp3) is 0.714. The van der Waals surface area contributed by atoms with Crippen LogP contribution >= 0.6 is 11.8 Å². The highest BCUT2D eigenvalue weighted by Gasteiger charge is 2.09. The van der Waals surface area contributed by atoms with E-state index in [4.69, 9.17) is 0 Å². The summed E-state index contributed by atoms with van der Waals surface area (Å²) in [5.41, 5.74) is 0. The number of hydrogen-bond acceptors (Lipinski definition) is 6. The first-order chi connectivity index (χ1) is 9.81. The minimum absolute atomic E-state index is 0.858. The molecule has 0 saturated carbocycles. The summed E-state index contributed by atoms with van der Waals surface area (Å²) >= 11 is 2.05. The van der Waals surface area contributed by atoms with Crippen LogP contribution in [0.3, 0.4) is 0 Å². The molecule has 1 aliphatic heterocycles. The summed E-state index contributed by atoms with van der Waals surface area (Å²) in [6, 6.07) is 1.99. The Balaban J connectivity index is 1.85. The molecule has 20 heavy (non-hydrogen) atoms. The summed E-state index contributed by atoms with van der Waals surface area (Å²) in [6.45, 7) is 9.48. The van der Waals surface area contributed by atoms with Crippen LogP contribution < -0.4 is 10.6 Å². The van der Waals surface area contributed by atoms with Crippen LogP contribution in [0.5, 0.6) is 0 Å². The first kappa shape index (κ1) is 15.4. The van der Waals surface area contributed by atoms with Gasteiger partial charge in [0.25, 0.3) is 0 Å². The maximum Gasteiger partial charge on any atom is 0.132 e. The highest BCUT2D eigenvalue weighted by atomic mass is 32.2. The SMILES string of the molecule is CCNc1cc(NCCN2CCSCC2)nc(CC)n1. The van der Waals surface area contributed by atoms with Crippen LogP contribution in [0.15, 0.2) is 6.07 Å². The standard InChI is InChI=1S/C14H25N5S/c1-3-12-17-13(15-4-2)11-14(18-12)16-5-6-19-7-9-20-10-8-19/h11H,3-10H2,1-2H3,(H2,15,16,17,18). The van der Waals surface area contributed by atoms with Crippen molar-refractivity contribution in [2.75, 3.05) is 54.9 Å². The van der Waals surface area contributed by atoms with Gasteiger partial charge in [-0.05, 0) is 6.92 Å². The van der Waals surface area contributed by atoms with Crippen LogP contribution in [0, 0.1) is 0 Å². The normalized spacial score (nSPS) is 16.1. The smallest absolute Gasteiger partial charge is 0.132 e. The van der Waals surface area contributed by atoms with E-state index >= 15 is 0 Å². The number of hydrogen-bond donors (Lipinski definition) is 2. The number of anilines is 2. The maximum atomic E-state index is 4.53. The molecule has 0 radical (unpaired) electrons. The average molecular weight is 295 g/mol. The zero-order chi connectivity index (χ0) is 14.2. The van der Waals surface area contributed by atoms with Crippen molar-refractivity contribution in [3.63, 3.8) is 0 Å². The Morgan fingerprint density at radius 2 is 1.85 bits per heavy atom. The second-order valence-corrected chi connectivity index (χ2v) is 6.04. The zero-order valence-electron chi connectivity index (χ0n) is 12.5. The minimum atomic E-state index is 0.858. The first-order valence-electron chi connectivity index (χ1n) is 7.47. The Kier molecular flexibility index (Phi) is 6.39. The molecule has 112 valence electrons. The molecule has 2 N–H and O–H groups in total. The lowest BCUT2D eigenvalue weighted by atomic mass is 10.4. The molecule has 0 atom stereocenters. The van der Waals surface area contributed by atoms with E-state index in [9.17, 15) is 0 Å². The number of nitrogens with one attached hydrogen (secondary N) is 2. The van der Waals surface area contributed by atoms with Crippen LogP contribution in [-0.2, 0) is 6.42 Å². The molecule has 6 heteroatoms. The summed E-state index contributed by atoms with van der Waals surface area (Å²) in [6.07, 6.45) is 0.858. The van der Waals surface area contributed by atoms with Crippen molar-refractivity contribution in [2.45, 2.75) is 20.3 Å². The lowest BCUT2D eigenvalue weighted by Gasteiger charge is -2.26. The summed E-state index contributed by atoms with van der Waals surface area (Å²) < 4.78 is 0. The second-order valence-electron chi connectivity index (χ2n) is 4.82. The topological polar surface area (TPSA) is 53.1 Å². The molecule has 0 aliphatic carbocycles. The number of aromatic nitrogens is 2. The van der Waals surface area contributed by atoms with Crippen molar-refractivity contribution in [3.05, 3.63) is 11.9 Å². The lowest BCUT2D eigenvalue weighted by molar-refractivity contribution is 0.314. The summed E-state index contributed by atoms with van der Waals surface area (Å²) in [5, 5.41) is 6.68. The summed E-state index contributed by atoms with van der Waals surface area (Å²) in [7, 11) is 0. The van der Waals surface area contributed by atoms with Crippen LogP contribution in [0.2, 0.25) is 0 Å². The van der Waals surface area contributed by atoms with Gasteiger partial charge in [-0.2, -0.15) is 11.8 Å². The van der Waals surface area contributed by atoms with E-state index in [0.29, 0.717) is 0 Å². The number of nitrogens with zero attached hydrogens (tertiary/aromatic N) is 3. The largest absolute Gasteiger partial charge is 0.370 e. The van der Waals surface area contributed by atoms with Crippen LogP contribution in [0.25, 0.3) is 0 Å². The fourth-order valence-corrected chi connectivity index (χ4v) is 3.16. The number of rotatable bonds is 7. The van der Waals surface area contributed by atoms with E-state index in [-0.39, 0.29) is 0 Å². The molecule has 0 bridgehead atoms. The van der Waals surface area contributed by atoms with Gasteiger partial charge in [0.15, 0.2) is 0 Å². The highest BCUT2D eigenvalue weighted by Crippen LogP contribution is 2.12. The average Bonchev–Trinajstić information content (AvgIpc) is 2.48. The van der Waals surface area contributed by atoms with Gasteiger partial charge in [0.05, 0.1) is 0 Å². The molecule has 1 aliphatic rings. The molecule has 1 saturated heterocycles. The molecule has 5 nitrogen and oxygen atoms in total. The van der Waals surface area contributed by atoms with Crippen molar-refractivity contribution in [2.24, 2.45) is 0 Å². The predicted molar refractivity (Wildman–Crippen MR) is 87.8 cm³/mol. The fourth-order valence-electron chi connectivity index (χ4n) is 2.18. The van der Waals surface area contributed by atoms with E-state index in [2.05, 4.69) is 39.3 Å². The maximum absolute atomic E-state index is 4.53. The molecular weight excluding hydrogens is 270 g/mol. The van der Waals surface area contributed by atoms with E-state index in [0.717, 1.165) is 43.5 Å². The Hall–Kier alpha value is -1.01. The van der Waals surface area contributed by atoms with Crippen molar-refractivity contribution < 1.29 is 0 Å². The van der Waals surface area contributed by atoms with Gasteiger partial charge in [-0.15, -0.1) is 0 Å². The molecular formula is C14H25N5S. The van der Waals surface area contributed by atoms with Crippen molar-refractivity contribution >= 4 is 23.4 Å². The van der Waals surface area contributed by atoms with Gasteiger partial charge >= 0.3 is 0 Å². The lowest BCUT2D eigenvalue weighted by Crippen LogP contribution is -2.36. The first-order valence-corrected chi connectivity index (χ1v) is 8.63. The minimum Gasteiger partial charge on any atom is -0.370 e. The van der Waals surface area contributed by atoms with Gasteiger partial charge in [-0.1, -0.05) is 6.92 Å². The monoisotopic (exact) mass is 295 g/mol. The van der Waals surface area contributed by atoms with E-state index in [1.807, 2.05) is 17.8 Å². The third kappa shape index (κ3) is 4.83. The molecule has 1 fully saturated rings. The predicted octanol–water partition coefficient (Wildman–Crippen LogP) is 1.93. The molecule has 1 aromatic heterocycles. The summed E-state index contributed by atoms with van der Waals surface area (Å²) in [4.78, 5) is 11.5. The molecule has 0 unspecified atom stereocenters. The van der Waals surface area contributed by atoms with Crippen LogP contribution in [0.4, 0.5) is 11.6 Å².